The molecular weight excluding hydrogens is 278 g/mol. The van der Waals surface area contributed by atoms with Gasteiger partial charge in [-0.1, -0.05) is 56.3 Å². The summed E-state index contributed by atoms with van der Waals surface area (Å²) in [4.78, 5) is 12.1. The van der Waals surface area contributed by atoms with Crippen molar-refractivity contribution in [3.63, 3.8) is 0 Å². The van der Waals surface area contributed by atoms with E-state index in [4.69, 9.17) is 4.74 Å². The molecule has 0 saturated carbocycles. The standard InChI is InChI=1S/C18H21NO3/c1-13(2)18(14-8-4-3-5-9-14)19-17(21)12-22-16-11-7-6-10-15(16)20/h3-11,13,18,20H,12H2,1-2H3,(H,19,21). The van der Waals surface area contributed by atoms with E-state index in [1.54, 1.807) is 18.2 Å². The largest absolute Gasteiger partial charge is 0.504 e. The molecular formula is C18H21NO3. The minimum Gasteiger partial charge on any atom is -0.504 e. The Balaban J connectivity index is 1.96. The summed E-state index contributed by atoms with van der Waals surface area (Å²) < 4.78 is 5.35. The zero-order valence-electron chi connectivity index (χ0n) is 12.8. The first kappa shape index (κ1) is 15.9. The zero-order chi connectivity index (χ0) is 15.9. The summed E-state index contributed by atoms with van der Waals surface area (Å²) in [5.41, 5.74) is 1.06. The highest BCUT2D eigenvalue weighted by atomic mass is 16.5. The summed E-state index contributed by atoms with van der Waals surface area (Å²) >= 11 is 0. The van der Waals surface area contributed by atoms with Crippen LogP contribution in [0.25, 0.3) is 0 Å². The third-order valence-electron chi connectivity index (χ3n) is 3.37. The van der Waals surface area contributed by atoms with Crippen LogP contribution in [0.2, 0.25) is 0 Å². The fourth-order valence-electron chi connectivity index (χ4n) is 2.23. The predicted octanol–water partition coefficient (Wildman–Crippen LogP) is 3.28. The van der Waals surface area contributed by atoms with E-state index in [0.717, 1.165) is 5.56 Å². The summed E-state index contributed by atoms with van der Waals surface area (Å²) in [5.74, 6) is 0.375. The molecule has 0 aliphatic rings. The van der Waals surface area contributed by atoms with Crippen LogP contribution in [0.4, 0.5) is 0 Å². The minimum atomic E-state index is -0.217. The molecule has 0 aliphatic carbocycles. The highest BCUT2D eigenvalue weighted by Crippen LogP contribution is 2.24. The number of ether oxygens (including phenoxy) is 1. The first-order chi connectivity index (χ1) is 10.6. The molecule has 1 atom stereocenters. The molecule has 2 aromatic rings. The normalized spacial score (nSPS) is 12.0. The molecule has 4 nitrogen and oxygen atoms in total. The molecule has 2 rings (SSSR count). The van der Waals surface area contributed by atoms with Crippen LogP contribution in [-0.2, 0) is 4.79 Å². The molecule has 0 aliphatic heterocycles. The van der Waals surface area contributed by atoms with E-state index >= 15 is 0 Å². The number of phenols is 1. The fourth-order valence-corrected chi connectivity index (χ4v) is 2.23. The van der Waals surface area contributed by atoms with Crippen molar-refractivity contribution in [3.8, 4) is 11.5 Å². The summed E-state index contributed by atoms with van der Waals surface area (Å²) in [7, 11) is 0. The van der Waals surface area contributed by atoms with Gasteiger partial charge in [0.15, 0.2) is 18.1 Å². The van der Waals surface area contributed by atoms with Gasteiger partial charge in [-0.05, 0) is 23.6 Å². The second kappa shape index (κ2) is 7.50. The lowest BCUT2D eigenvalue weighted by atomic mass is 9.96. The Bertz CT molecular complexity index is 611. The Morgan fingerprint density at radius 2 is 1.73 bits per heavy atom. The monoisotopic (exact) mass is 299 g/mol. The lowest BCUT2D eigenvalue weighted by Gasteiger charge is -2.23. The molecule has 1 unspecified atom stereocenters. The van der Waals surface area contributed by atoms with E-state index in [1.807, 2.05) is 30.3 Å². The summed E-state index contributed by atoms with van der Waals surface area (Å²) in [6.07, 6.45) is 0. The topological polar surface area (TPSA) is 58.6 Å². The third kappa shape index (κ3) is 4.25. The van der Waals surface area contributed by atoms with Crippen molar-refractivity contribution in [3.05, 3.63) is 60.2 Å². The van der Waals surface area contributed by atoms with Crippen LogP contribution >= 0.6 is 0 Å². The number of nitrogens with one attached hydrogen (secondary N) is 1. The van der Waals surface area contributed by atoms with Crippen LogP contribution in [0.15, 0.2) is 54.6 Å². The number of amides is 1. The summed E-state index contributed by atoms with van der Waals surface area (Å²) in [5, 5.41) is 12.6. The molecule has 0 fully saturated rings. The van der Waals surface area contributed by atoms with Gasteiger partial charge in [0.1, 0.15) is 0 Å². The van der Waals surface area contributed by atoms with E-state index in [1.165, 1.54) is 6.07 Å². The van der Waals surface area contributed by atoms with Gasteiger partial charge in [-0.3, -0.25) is 4.79 Å². The molecule has 0 saturated heterocycles. The Morgan fingerprint density at radius 1 is 1.09 bits per heavy atom. The average Bonchev–Trinajstić information content (AvgIpc) is 2.52. The van der Waals surface area contributed by atoms with Gasteiger partial charge in [-0.25, -0.2) is 0 Å². The van der Waals surface area contributed by atoms with E-state index in [9.17, 15) is 9.90 Å². The maximum Gasteiger partial charge on any atom is 0.258 e. The van der Waals surface area contributed by atoms with Gasteiger partial charge in [-0.15, -0.1) is 0 Å². The molecule has 2 N–H and O–H groups in total. The average molecular weight is 299 g/mol. The second-order valence-corrected chi connectivity index (χ2v) is 5.46. The fraction of sp³-hybridized carbons (Fsp3) is 0.278. The van der Waals surface area contributed by atoms with Crippen LogP contribution < -0.4 is 10.1 Å². The number of hydrogen-bond donors (Lipinski definition) is 2. The molecule has 1 amide bonds. The van der Waals surface area contributed by atoms with Crippen LogP contribution in [0.5, 0.6) is 11.5 Å². The summed E-state index contributed by atoms with van der Waals surface area (Å²) in [6, 6.07) is 16.4. The Labute approximate surface area is 130 Å². The van der Waals surface area contributed by atoms with Crippen LogP contribution in [0, 0.1) is 5.92 Å². The van der Waals surface area contributed by atoms with Crippen molar-refractivity contribution in [2.75, 3.05) is 6.61 Å². The maximum absolute atomic E-state index is 12.1. The number of phenolic OH excluding ortho intramolecular Hbond substituents is 1. The third-order valence-corrected chi connectivity index (χ3v) is 3.37. The van der Waals surface area contributed by atoms with Crippen molar-refractivity contribution >= 4 is 5.91 Å². The smallest absolute Gasteiger partial charge is 0.258 e. The van der Waals surface area contributed by atoms with Gasteiger partial charge < -0.3 is 15.2 Å². The van der Waals surface area contributed by atoms with Crippen LogP contribution in [0.1, 0.15) is 25.5 Å². The van der Waals surface area contributed by atoms with Crippen molar-refractivity contribution in [2.45, 2.75) is 19.9 Å². The number of aromatic hydroxyl groups is 1. The SMILES string of the molecule is CC(C)C(NC(=O)COc1ccccc1O)c1ccccc1. The first-order valence-electron chi connectivity index (χ1n) is 7.33. The number of benzene rings is 2. The van der Waals surface area contributed by atoms with E-state index in [2.05, 4.69) is 19.2 Å². The first-order valence-corrected chi connectivity index (χ1v) is 7.33. The molecule has 0 spiro atoms. The number of carbonyl (C=O) groups is 1. The highest BCUT2D eigenvalue weighted by Gasteiger charge is 2.18. The lowest BCUT2D eigenvalue weighted by Crippen LogP contribution is -2.35. The Kier molecular flexibility index (Phi) is 5.42. The Morgan fingerprint density at radius 3 is 2.36 bits per heavy atom. The number of hydrogen-bond acceptors (Lipinski definition) is 3. The molecule has 0 bridgehead atoms. The van der Waals surface area contributed by atoms with Gasteiger partial charge >= 0.3 is 0 Å². The van der Waals surface area contributed by atoms with Gasteiger partial charge in [0.05, 0.1) is 6.04 Å². The number of carbonyl (C=O) groups excluding carboxylic acids is 1. The van der Waals surface area contributed by atoms with Crippen molar-refractivity contribution in [1.29, 1.82) is 0 Å². The van der Waals surface area contributed by atoms with Crippen LogP contribution in [0.3, 0.4) is 0 Å². The number of para-hydroxylation sites is 2. The molecule has 0 radical (unpaired) electrons. The molecule has 4 heteroatoms. The quantitative estimate of drug-likeness (QED) is 0.860. The second-order valence-electron chi connectivity index (χ2n) is 5.46. The molecule has 116 valence electrons. The lowest BCUT2D eigenvalue weighted by molar-refractivity contribution is -0.124. The van der Waals surface area contributed by atoms with E-state index in [-0.39, 0.29) is 30.2 Å². The van der Waals surface area contributed by atoms with Gasteiger partial charge in [0, 0.05) is 0 Å². The minimum absolute atomic E-state index is 0.0266. The van der Waals surface area contributed by atoms with Crippen molar-refractivity contribution in [2.24, 2.45) is 5.92 Å². The van der Waals surface area contributed by atoms with Gasteiger partial charge in [0.25, 0.3) is 5.91 Å². The number of rotatable bonds is 6. The predicted molar refractivity (Wildman–Crippen MR) is 85.8 cm³/mol. The highest BCUT2D eigenvalue weighted by molar-refractivity contribution is 5.78. The van der Waals surface area contributed by atoms with Crippen molar-refractivity contribution < 1.29 is 14.6 Å². The molecule has 0 aromatic heterocycles. The van der Waals surface area contributed by atoms with E-state index < -0.39 is 0 Å². The molecule has 2 aromatic carbocycles. The van der Waals surface area contributed by atoms with Crippen LogP contribution in [-0.4, -0.2) is 17.6 Å². The molecule has 22 heavy (non-hydrogen) atoms. The summed E-state index contributed by atoms with van der Waals surface area (Å²) in [6.45, 7) is 3.98. The Hall–Kier alpha value is -2.49. The van der Waals surface area contributed by atoms with E-state index in [0.29, 0.717) is 5.75 Å². The zero-order valence-corrected chi connectivity index (χ0v) is 12.8. The molecule has 0 heterocycles. The van der Waals surface area contributed by atoms with Gasteiger partial charge in [-0.2, -0.15) is 0 Å². The maximum atomic E-state index is 12.1. The van der Waals surface area contributed by atoms with Gasteiger partial charge in [0.2, 0.25) is 0 Å². The van der Waals surface area contributed by atoms with Crippen molar-refractivity contribution in [1.82, 2.24) is 5.32 Å².